The zero-order chi connectivity index (χ0) is 24.2. The molecule has 2 aliphatic rings. The van der Waals surface area contributed by atoms with Gasteiger partial charge in [-0.3, -0.25) is 9.59 Å². The smallest absolute Gasteiger partial charge is 0.340 e. The number of fused-ring (bicyclic) bond motifs is 6. The van der Waals surface area contributed by atoms with Crippen LogP contribution in [0.4, 0.5) is 0 Å². The minimum atomic E-state index is -1.27. The quantitative estimate of drug-likeness (QED) is 0.404. The first-order valence-electron chi connectivity index (χ1n) is 10.9. The molecule has 0 N–H and O–H groups in total. The number of esters is 3. The minimum absolute atomic E-state index is 0.341. The van der Waals surface area contributed by atoms with Crippen molar-refractivity contribution in [3.63, 3.8) is 0 Å². The lowest BCUT2D eigenvalue weighted by molar-refractivity contribution is -0.132. The van der Waals surface area contributed by atoms with E-state index in [9.17, 15) is 14.4 Å². The fourth-order valence-electron chi connectivity index (χ4n) is 4.67. The molecule has 0 radical (unpaired) electrons. The average molecular weight is 458 g/mol. The van der Waals surface area contributed by atoms with Gasteiger partial charge in [-0.2, -0.15) is 0 Å². The summed E-state index contributed by atoms with van der Waals surface area (Å²) in [5, 5.41) is 0. The van der Waals surface area contributed by atoms with Gasteiger partial charge in [0.05, 0.1) is 5.56 Å². The summed E-state index contributed by atoms with van der Waals surface area (Å²) in [6.07, 6.45) is 0.582. The van der Waals surface area contributed by atoms with E-state index < -0.39 is 23.5 Å². The number of aryl methyl sites for hydroxylation is 2. The van der Waals surface area contributed by atoms with Gasteiger partial charge in [0.1, 0.15) is 23.0 Å². The second-order valence-corrected chi connectivity index (χ2v) is 8.33. The number of hydrogen-bond acceptors (Lipinski definition) is 7. The topological polar surface area (TPSA) is 88.1 Å². The molecule has 34 heavy (non-hydrogen) atoms. The Morgan fingerprint density at radius 3 is 2.18 bits per heavy atom. The van der Waals surface area contributed by atoms with Gasteiger partial charge in [0.25, 0.3) is 0 Å². The van der Waals surface area contributed by atoms with Crippen LogP contribution in [0.1, 0.15) is 58.9 Å². The average Bonchev–Trinajstić information content (AvgIpc) is 3.07. The molecule has 0 saturated carbocycles. The highest BCUT2D eigenvalue weighted by atomic mass is 16.6. The van der Waals surface area contributed by atoms with E-state index >= 15 is 0 Å². The van der Waals surface area contributed by atoms with Crippen LogP contribution in [0.15, 0.2) is 48.5 Å². The molecule has 2 heterocycles. The van der Waals surface area contributed by atoms with Gasteiger partial charge in [-0.05, 0) is 42.7 Å². The first-order chi connectivity index (χ1) is 16.2. The van der Waals surface area contributed by atoms with Crippen molar-refractivity contribution < 1.29 is 33.3 Å². The SMILES string of the molecule is CCc1cc2c(cc1OC(C)=O)Oc1cc(OC(C)=O)c(C)cc1C21OC(=O)c2ccccc21. The molecule has 0 fully saturated rings. The van der Waals surface area contributed by atoms with Crippen LogP contribution in [0.3, 0.4) is 0 Å². The Bertz CT molecular complexity index is 1390. The Labute approximate surface area is 196 Å². The summed E-state index contributed by atoms with van der Waals surface area (Å²) in [7, 11) is 0. The normalized spacial score (nSPS) is 17.2. The van der Waals surface area contributed by atoms with Gasteiger partial charge >= 0.3 is 17.9 Å². The van der Waals surface area contributed by atoms with Gasteiger partial charge in [-0.15, -0.1) is 0 Å². The van der Waals surface area contributed by atoms with Gasteiger partial charge in [-0.25, -0.2) is 4.79 Å². The van der Waals surface area contributed by atoms with Crippen molar-refractivity contribution in [2.75, 3.05) is 0 Å². The summed E-state index contributed by atoms with van der Waals surface area (Å²) in [5.41, 5.74) is 2.59. The number of carbonyl (C=O) groups excluding carboxylic acids is 3. The summed E-state index contributed by atoms with van der Waals surface area (Å²) in [4.78, 5) is 36.4. The molecular weight excluding hydrogens is 436 g/mol. The van der Waals surface area contributed by atoms with Crippen LogP contribution in [0, 0.1) is 6.92 Å². The maximum Gasteiger partial charge on any atom is 0.340 e. The van der Waals surface area contributed by atoms with Crippen LogP contribution >= 0.6 is 0 Å². The monoisotopic (exact) mass is 458 g/mol. The Kier molecular flexibility index (Phi) is 4.93. The van der Waals surface area contributed by atoms with Gasteiger partial charge in [-0.1, -0.05) is 25.1 Å². The standard InChI is InChI=1S/C27H22O7/c1-5-17-11-21-25(13-23(17)32-16(4)29)33-24-12-22(31-15(3)28)14(2)10-20(24)27(21)19-9-7-6-8-18(19)26(30)34-27/h6-13H,5H2,1-4H3. The van der Waals surface area contributed by atoms with Gasteiger partial charge in [0.15, 0.2) is 5.60 Å². The molecular formula is C27H22O7. The third kappa shape index (κ3) is 3.15. The Morgan fingerprint density at radius 2 is 1.50 bits per heavy atom. The molecule has 0 bridgehead atoms. The van der Waals surface area contributed by atoms with Gasteiger partial charge in [0, 0.05) is 42.7 Å². The zero-order valence-corrected chi connectivity index (χ0v) is 19.2. The first kappa shape index (κ1) is 21.7. The predicted molar refractivity (Wildman–Crippen MR) is 121 cm³/mol. The number of benzene rings is 3. The number of hydrogen-bond donors (Lipinski definition) is 0. The Hall–Kier alpha value is -4.13. The first-order valence-corrected chi connectivity index (χ1v) is 10.9. The summed E-state index contributed by atoms with van der Waals surface area (Å²) < 4.78 is 23.2. The largest absolute Gasteiger partial charge is 0.456 e. The molecule has 2 aliphatic heterocycles. The molecule has 7 heteroatoms. The van der Waals surface area contributed by atoms with Crippen molar-refractivity contribution in [3.8, 4) is 23.0 Å². The molecule has 0 aromatic heterocycles. The van der Waals surface area contributed by atoms with Crippen LogP contribution < -0.4 is 14.2 Å². The summed E-state index contributed by atoms with van der Waals surface area (Å²) in [5.74, 6) is 0.102. The van der Waals surface area contributed by atoms with Crippen LogP contribution in [0.25, 0.3) is 0 Å². The van der Waals surface area contributed by atoms with E-state index in [4.69, 9.17) is 18.9 Å². The van der Waals surface area contributed by atoms with Crippen molar-refractivity contribution in [1.82, 2.24) is 0 Å². The number of carbonyl (C=O) groups is 3. The van der Waals surface area contributed by atoms with Gasteiger partial charge < -0.3 is 18.9 Å². The second kappa shape index (κ2) is 7.73. The lowest BCUT2D eigenvalue weighted by Crippen LogP contribution is -2.33. The van der Waals surface area contributed by atoms with Crippen LogP contribution in [0.2, 0.25) is 0 Å². The zero-order valence-electron chi connectivity index (χ0n) is 19.2. The Morgan fingerprint density at radius 1 is 0.882 bits per heavy atom. The highest BCUT2D eigenvalue weighted by Gasteiger charge is 2.54. The van der Waals surface area contributed by atoms with E-state index in [1.54, 1.807) is 24.3 Å². The maximum atomic E-state index is 13.0. The van der Waals surface area contributed by atoms with Crippen LogP contribution in [0.5, 0.6) is 23.0 Å². The van der Waals surface area contributed by atoms with E-state index in [0.717, 1.165) is 5.56 Å². The molecule has 3 aromatic rings. The molecule has 0 aliphatic carbocycles. The van der Waals surface area contributed by atoms with E-state index in [-0.39, 0.29) is 0 Å². The molecule has 0 amide bonds. The molecule has 172 valence electrons. The number of ether oxygens (including phenoxy) is 4. The molecule has 3 aromatic carbocycles. The summed E-state index contributed by atoms with van der Waals surface area (Å²) in [6, 6.07) is 14.2. The lowest BCUT2D eigenvalue weighted by atomic mass is 9.76. The minimum Gasteiger partial charge on any atom is -0.456 e. The summed E-state index contributed by atoms with van der Waals surface area (Å²) in [6.45, 7) is 6.41. The van der Waals surface area contributed by atoms with Crippen molar-refractivity contribution in [1.29, 1.82) is 0 Å². The van der Waals surface area contributed by atoms with E-state index in [2.05, 4.69) is 0 Å². The third-order valence-electron chi connectivity index (χ3n) is 6.08. The Balaban J connectivity index is 1.83. The highest BCUT2D eigenvalue weighted by molar-refractivity contribution is 5.97. The second-order valence-electron chi connectivity index (χ2n) is 8.33. The molecule has 5 rings (SSSR count). The van der Waals surface area contributed by atoms with Crippen molar-refractivity contribution >= 4 is 17.9 Å². The van der Waals surface area contributed by atoms with Crippen molar-refractivity contribution in [3.05, 3.63) is 81.9 Å². The molecule has 1 atom stereocenters. The van der Waals surface area contributed by atoms with E-state index in [0.29, 0.717) is 57.2 Å². The molecule has 1 spiro atoms. The lowest BCUT2D eigenvalue weighted by Gasteiger charge is -2.37. The molecule has 0 saturated heterocycles. The maximum absolute atomic E-state index is 13.0. The van der Waals surface area contributed by atoms with Crippen LogP contribution in [-0.4, -0.2) is 17.9 Å². The fraction of sp³-hybridized carbons (Fsp3) is 0.222. The predicted octanol–water partition coefficient (Wildman–Crippen LogP) is 4.98. The third-order valence-corrected chi connectivity index (χ3v) is 6.08. The van der Waals surface area contributed by atoms with E-state index in [1.807, 2.05) is 38.1 Å². The summed E-state index contributed by atoms with van der Waals surface area (Å²) >= 11 is 0. The number of rotatable bonds is 3. The van der Waals surface area contributed by atoms with Crippen molar-refractivity contribution in [2.24, 2.45) is 0 Å². The molecule has 1 unspecified atom stereocenters. The highest BCUT2D eigenvalue weighted by Crippen LogP contribution is 2.58. The molecule has 7 nitrogen and oxygen atoms in total. The van der Waals surface area contributed by atoms with Crippen LogP contribution in [-0.2, 0) is 26.3 Å². The van der Waals surface area contributed by atoms with Crippen molar-refractivity contribution in [2.45, 2.75) is 39.7 Å². The van der Waals surface area contributed by atoms with E-state index in [1.165, 1.54) is 13.8 Å². The fourth-order valence-corrected chi connectivity index (χ4v) is 4.67. The van der Waals surface area contributed by atoms with Gasteiger partial charge in [0.2, 0.25) is 0 Å².